The average Bonchev–Trinajstić information content (AvgIpc) is 2.94. The smallest absolute Gasteiger partial charge is 0.177 e. The van der Waals surface area contributed by atoms with Gasteiger partial charge in [-0.2, -0.15) is 0 Å². The van der Waals surface area contributed by atoms with Crippen LogP contribution in [0.15, 0.2) is 24.3 Å². The number of rotatable bonds is 3. The Morgan fingerprint density at radius 1 is 1.32 bits per heavy atom. The molecule has 1 aromatic heterocycles. The minimum atomic E-state index is -0.451. The van der Waals surface area contributed by atoms with Crippen molar-refractivity contribution in [1.82, 2.24) is 0 Å². The fraction of sp³-hybridized carbons (Fsp3) is 0.267. The first kappa shape index (κ1) is 12.8. The van der Waals surface area contributed by atoms with E-state index in [0.29, 0.717) is 0 Å². The number of carbonyl (C=O) groups excluding carboxylic acids is 1. The van der Waals surface area contributed by atoms with E-state index in [0.717, 1.165) is 23.3 Å². The number of ketones is 1. The van der Waals surface area contributed by atoms with Gasteiger partial charge in [-0.25, -0.2) is 4.39 Å². The zero-order valence-electron chi connectivity index (χ0n) is 10.2. The van der Waals surface area contributed by atoms with Crippen molar-refractivity contribution in [3.63, 3.8) is 0 Å². The summed E-state index contributed by atoms with van der Waals surface area (Å²) in [6.07, 6.45) is 3.65. The van der Waals surface area contributed by atoms with Gasteiger partial charge in [-0.05, 0) is 48.6 Å². The number of carbonyl (C=O) groups is 1. The molecule has 0 saturated heterocycles. The fourth-order valence-corrected chi connectivity index (χ4v) is 3.78. The Hall–Kier alpha value is -1.19. The summed E-state index contributed by atoms with van der Waals surface area (Å²) in [4.78, 5) is 14.3. The molecule has 1 aromatic carbocycles. The Morgan fingerprint density at radius 3 is 2.89 bits per heavy atom. The Morgan fingerprint density at radius 2 is 2.16 bits per heavy atom. The lowest BCUT2D eigenvalue weighted by molar-refractivity contribution is 0.0996. The molecule has 1 heterocycles. The number of hydrogen-bond donors (Lipinski definition) is 0. The van der Waals surface area contributed by atoms with Gasteiger partial charge in [-0.1, -0.05) is 17.7 Å². The van der Waals surface area contributed by atoms with Crippen LogP contribution in [0.2, 0.25) is 5.02 Å². The van der Waals surface area contributed by atoms with Crippen LogP contribution in [0.25, 0.3) is 0 Å². The predicted molar refractivity (Wildman–Crippen MR) is 75.8 cm³/mol. The Bertz CT molecular complexity index is 626. The summed E-state index contributed by atoms with van der Waals surface area (Å²) in [5.41, 5.74) is 2.08. The fourth-order valence-electron chi connectivity index (χ4n) is 2.39. The molecule has 1 aliphatic rings. The predicted octanol–water partition coefficient (Wildman–Crippen LogP) is 4.45. The molecule has 0 aliphatic heterocycles. The Labute approximate surface area is 120 Å². The summed E-state index contributed by atoms with van der Waals surface area (Å²) in [5, 5.41) is 0.0685. The summed E-state index contributed by atoms with van der Waals surface area (Å²) in [5.74, 6) is -0.366. The molecule has 0 N–H and O–H groups in total. The maximum Gasteiger partial charge on any atom is 0.177 e. The van der Waals surface area contributed by atoms with Gasteiger partial charge < -0.3 is 0 Å². The molecule has 0 atom stereocenters. The van der Waals surface area contributed by atoms with Gasteiger partial charge in [0.15, 0.2) is 5.78 Å². The SMILES string of the molecule is O=C(Cc1ccc(F)c(Cl)c1)c1cc2c(s1)CCC2. The van der Waals surface area contributed by atoms with Crippen LogP contribution < -0.4 is 0 Å². The standard InChI is InChI=1S/C15H12ClFOS/c16-11-6-9(4-5-12(11)17)7-13(18)15-8-10-2-1-3-14(10)19-15/h4-6,8H,1-3,7H2. The highest BCUT2D eigenvalue weighted by molar-refractivity contribution is 7.14. The highest BCUT2D eigenvalue weighted by Crippen LogP contribution is 2.31. The monoisotopic (exact) mass is 294 g/mol. The van der Waals surface area contributed by atoms with Crippen molar-refractivity contribution in [2.45, 2.75) is 25.7 Å². The number of Topliss-reactive ketones (excluding diaryl/α,β-unsaturated/α-hetero) is 1. The van der Waals surface area contributed by atoms with E-state index in [1.807, 2.05) is 6.07 Å². The summed E-state index contributed by atoms with van der Waals surface area (Å²) in [6.45, 7) is 0. The number of aryl methyl sites for hydroxylation is 2. The maximum atomic E-state index is 13.1. The summed E-state index contributed by atoms with van der Waals surface area (Å²) >= 11 is 7.32. The van der Waals surface area contributed by atoms with Gasteiger partial charge in [0.05, 0.1) is 9.90 Å². The van der Waals surface area contributed by atoms with Gasteiger partial charge in [0.25, 0.3) is 0 Å². The number of fused-ring (bicyclic) bond motifs is 1. The van der Waals surface area contributed by atoms with Gasteiger partial charge in [-0.3, -0.25) is 4.79 Å². The molecule has 0 amide bonds. The van der Waals surface area contributed by atoms with Crippen molar-refractivity contribution in [2.24, 2.45) is 0 Å². The summed E-state index contributed by atoms with van der Waals surface area (Å²) in [7, 11) is 0. The minimum Gasteiger partial charge on any atom is -0.293 e. The second-order valence-corrected chi connectivity index (χ2v) is 6.30. The number of benzene rings is 1. The number of hydrogen-bond acceptors (Lipinski definition) is 2. The van der Waals surface area contributed by atoms with Crippen LogP contribution in [-0.2, 0) is 19.3 Å². The van der Waals surface area contributed by atoms with E-state index in [4.69, 9.17) is 11.6 Å². The van der Waals surface area contributed by atoms with E-state index < -0.39 is 5.82 Å². The van der Waals surface area contributed by atoms with Crippen LogP contribution in [0.3, 0.4) is 0 Å². The van der Waals surface area contributed by atoms with Crippen molar-refractivity contribution in [2.75, 3.05) is 0 Å². The molecule has 3 rings (SSSR count). The topological polar surface area (TPSA) is 17.1 Å². The van der Waals surface area contributed by atoms with E-state index >= 15 is 0 Å². The first-order valence-electron chi connectivity index (χ1n) is 6.22. The van der Waals surface area contributed by atoms with E-state index in [-0.39, 0.29) is 17.2 Å². The van der Waals surface area contributed by atoms with Gasteiger partial charge in [0, 0.05) is 11.3 Å². The Kier molecular flexibility index (Phi) is 3.42. The third-order valence-electron chi connectivity index (χ3n) is 3.37. The minimum absolute atomic E-state index is 0.0685. The lowest BCUT2D eigenvalue weighted by atomic mass is 10.1. The first-order chi connectivity index (χ1) is 9.13. The molecule has 0 unspecified atom stereocenters. The van der Waals surface area contributed by atoms with Crippen LogP contribution in [0, 0.1) is 5.82 Å². The van der Waals surface area contributed by atoms with E-state index in [1.54, 1.807) is 17.4 Å². The van der Waals surface area contributed by atoms with E-state index in [2.05, 4.69) is 0 Å². The van der Waals surface area contributed by atoms with Crippen LogP contribution >= 0.6 is 22.9 Å². The molecular weight excluding hydrogens is 283 g/mol. The molecular formula is C15H12ClFOS. The molecule has 1 aliphatic carbocycles. The van der Waals surface area contributed by atoms with Gasteiger partial charge in [-0.15, -0.1) is 11.3 Å². The van der Waals surface area contributed by atoms with Crippen molar-refractivity contribution in [3.8, 4) is 0 Å². The largest absolute Gasteiger partial charge is 0.293 e. The van der Waals surface area contributed by atoms with Crippen molar-refractivity contribution in [1.29, 1.82) is 0 Å². The van der Waals surface area contributed by atoms with Crippen molar-refractivity contribution < 1.29 is 9.18 Å². The molecule has 1 nitrogen and oxygen atoms in total. The van der Waals surface area contributed by atoms with Crippen molar-refractivity contribution >= 4 is 28.7 Å². The molecule has 0 spiro atoms. The molecule has 0 bridgehead atoms. The number of thiophene rings is 1. The van der Waals surface area contributed by atoms with Gasteiger partial charge >= 0.3 is 0 Å². The highest BCUT2D eigenvalue weighted by atomic mass is 35.5. The second kappa shape index (κ2) is 5.06. The molecule has 0 fully saturated rings. The summed E-state index contributed by atoms with van der Waals surface area (Å²) < 4.78 is 13.1. The summed E-state index contributed by atoms with van der Waals surface area (Å²) in [6, 6.07) is 6.45. The van der Waals surface area contributed by atoms with Crippen LogP contribution in [0.4, 0.5) is 4.39 Å². The molecule has 19 heavy (non-hydrogen) atoms. The molecule has 2 aromatic rings. The molecule has 0 saturated carbocycles. The van der Waals surface area contributed by atoms with Gasteiger partial charge in [0.1, 0.15) is 5.82 Å². The lowest BCUT2D eigenvalue weighted by Gasteiger charge is -2.01. The van der Waals surface area contributed by atoms with Crippen LogP contribution in [-0.4, -0.2) is 5.78 Å². The van der Waals surface area contributed by atoms with Crippen LogP contribution in [0.5, 0.6) is 0 Å². The average molecular weight is 295 g/mol. The zero-order chi connectivity index (χ0) is 13.4. The zero-order valence-corrected chi connectivity index (χ0v) is 11.8. The normalized spacial score (nSPS) is 13.6. The molecule has 4 heteroatoms. The third kappa shape index (κ3) is 2.58. The van der Waals surface area contributed by atoms with Crippen molar-refractivity contribution in [3.05, 3.63) is 56.0 Å². The van der Waals surface area contributed by atoms with E-state index in [9.17, 15) is 9.18 Å². The van der Waals surface area contributed by atoms with Crippen LogP contribution in [0.1, 0.15) is 32.1 Å². The molecule has 0 radical (unpaired) electrons. The first-order valence-corrected chi connectivity index (χ1v) is 7.41. The van der Waals surface area contributed by atoms with E-state index in [1.165, 1.54) is 29.0 Å². The number of halogens is 2. The third-order valence-corrected chi connectivity index (χ3v) is 4.94. The maximum absolute atomic E-state index is 13.1. The quantitative estimate of drug-likeness (QED) is 0.764. The second-order valence-electron chi connectivity index (χ2n) is 4.76. The Balaban J connectivity index is 1.78. The highest BCUT2D eigenvalue weighted by Gasteiger charge is 2.18. The lowest BCUT2D eigenvalue weighted by Crippen LogP contribution is -2.01. The van der Waals surface area contributed by atoms with Gasteiger partial charge in [0.2, 0.25) is 0 Å². The molecule has 98 valence electrons.